The number of carbonyl (C=O) groups excluding carboxylic acids is 3. The number of rotatable bonds is 4. The van der Waals surface area contributed by atoms with E-state index in [2.05, 4.69) is 16.7 Å². The number of carbonyl (C=O) groups is 3. The number of hydrogen-bond acceptors (Lipinski definition) is 4. The van der Waals surface area contributed by atoms with Crippen LogP contribution in [-0.2, 0) is 32.0 Å². The number of nitrogens with one attached hydrogen (secondary N) is 2. The molecule has 0 saturated carbocycles. The van der Waals surface area contributed by atoms with Crippen LogP contribution in [0.5, 0.6) is 0 Å². The van der Waals surface area contributed by atoms with E-state index in [9.17, 15) is 14.4 Å². The monoisotopic (exact) mass is 499 g/mol. The van der Waals surface area contributed by atoms with Gasteiger partial charge < -0.3 is 15.4 Å². The second-order valence-corrected chi connectivity index (χ2v) is 11.8. The third kappa shape index (κ3) is 3.71. The summed E-state index contributed by atoms with van der Waals surface area (Å²) in [7, 11) is 0. The van der Waals surface area contributed by atoms with Crippen molar-refractivity contribution in [2.45, 2.75) is 70.2 Å². The molecule has 0 unspecified atom stereocenters. The molecular formula is C30H33N3O4. The number of aryl methyl sites for hydroxylation is 3. The molecule has 0 radical (unpaired) electrons. The lowest BCUT2D eigenvalue weighted by Gasteiger charge is -2.34. The fourth-order valence-corrected chi connectivity index (χ4v) is 6.53. The zero-order valence-electron chi connectivity index (χ0n) is 21.7. The van der Waals surface area contributed by atoms with E-state index in [-0.39, 0.29) is 17.7 Å². The first-order valence-corrected chi connectivity index (χ1v) is 13.1. The van der Waals surface area contributed by atoms with Gasteiger partial charge in [0.15, 0.2) is 0 Å². The maximum absolute atomic E-state index is 14.2. The molecule has 2 fully saturated rings. The summed E-state index contributed by atoms with van der Waals surface area (Å²) in [5.41, 5.74) is 3.12. The molecule has 6 rings (SSSR count). The van der Waals surface area contributed by atoms with Gasteiger partial charge in [-0.2, -0.15) is 0 Å². The molecule has 1 aliphatic carbocycles. The zero-order valence-corrected chi connectivity index (χ0v) is 21.7. The number of fused-ring (bicyclic) bond motifs is 2. The Hall–Kier alpha value is -3.45. The first kappa shape index (κ1) is 23.9. The maximum Gasteiger partial charge on any atom is 0.246 e. The highest BCUT2D eigenvalue weighted by atomic mass is 16.5. The Morgan fingerprint density at radius 1 is 1.05 bits per heavy atom. The first-order valence-electron chi connectivity index (χ1n) is 13.1. The molecule has 1 spiro atoms. The molecule has 3 aliphatic heterocycles. The largest absolute Gasteiger partial charge is 0.359 e. The van der Waals surface area contributed by atoms with E-state index < -0.39 is 35.1 Å². The van der Waals surface area contributed by atoms with Gasteiger partial charge in [-0.3, -0.25) is 19.3 Å². The summed E-state index contributed by atoms with van der Waals surface area (Å²) in [6.07, 6.45) is 6.19. The van der Waals surface area contributed by atoms with Crippen molar-refractivity contribution in [2.75, 3.05) is 10.2 Å². The van der Waals surface area contributed by atoms with Crippen LogP contribution in [0.3, 0.4) is 0 Å². The molecule has 192 valence electrons. The summed E-state index contributed by atoms with van der Waals surface area (Å²) in [4.78, 5) is 43.3. The number of anilines is 2. The second kappa shape index (κ2) is 8.28. The van der Waals surface area contributed by atoms with Crippen molar-refractivity contribution in [1.82, 2.24) is 5.32 Å². The summed E-state index contributed by atoms with van der Waals surface area (Å²) in [6, 6.07) is 12.7. The van der Waals surface area contributed by atoms with Gasteiger partial charge in [0.1, 0.15) is 11.6 Å². The molecular weight excluding hydrogens is 466 g/mol. The molecule has 2 aromatic carbocycles. The molecule has 5 atom stereocenters. The molecule has 0 aromatic heterocycles. The van der Waals surface area contributed by atoms with Crippen molar-refractivity contribution in [3.63, 3.8) is 0 Å². The zero-order chi connectivity index (χ0) is 26.1. The quantitative estimate of drug-likeness (QED) is 0.628. The normalized spacial score (nSPS) is 29.4. The van der Waals surface area contributed by atoms with Gasteiger partial charge in [0, 0.05) is 16.9 Å². The average Bonchev–Trinajstić information content (AvgIpc) is 3.59. The molecule has 2 saturated heterocycles. The maximum atomic E-state index is 14.2. The van der Waals surface area contributed by atoms with Gasteiger partial charge in [0.05, 0.1) is 17.9 Å². The van der Waals surface area contributed by atoms with Crippen LogP contribution < -0.4 is 15.5 Å². The number of nitrogens with zero attached hydrogens (tertiary/aromatic N) is 1. The molecule has 3 heterocycles. The minimum atomic E-state index is -1.20. The van der Waals surface area contributed by atoms with E-state index in [0.717, 1.165) is 24.8 Å². The topological polar surface area (TPSA) is 87.7 Å². The predicted molar refractivity (Wildman–Crippen MR) is 141 cm³/mol. The highest BCUT2D eigenvalue weighted by molar-refractivity contribution is 6.11. The number of ether oxygens (including phenoxy) is 1. The van der Waals surface area contributed by atoms with Crippen LogP contribution in [0, 0.1) is 18.8 Å². The smallest absolute Gasteiger partial charge is 0.246 e. The van der Waals surface area contributed by atoms with Crippen LogP contribution in [0.15, 0.2) is 54.6 Å². The molecule has 7 nitrogen and oxygen atoms in total. The van der Waals surface area contributed by atoms with E-state index in [4.69, 9.17) is 4.74 Å². The van der Waals surface area contributed by atoms with Crippen LogP contribution >= 0.6 is 0 Å². The van der Waals surface area contributed by atoms with Crippen molar-refractivity contribution < 1.29 is 19.1 Å². The van der Waals surface area contributed by atoms with Crippen LogP contribution in [0.1, 0.15) is 43.9 Å². The average molecular weight is 500 g/mol. The summed E-state index contributed by atoms with van der Waals surface area (Å²) in [5, 5.41) is 6.08. The molecule has 37 heavy (non-hydrogen) atoms. The Balaban J connectivity index is 1.41. The van der Waals surface area contributed by atoms with Crippen molar-refractivity contribution in [2.24, 2.45) is 11.8 Å². The van der Waals surface area contributed by atoms with Crippen molar-refractivity contribution in [3.8, 4) is 0 Å². The third-order valence-electron chi connectivity index (χ3n) is 8.09. The van der Waals surface area contributed by atoms with E-state index in [1.165, 1.54) is 11.1 Å². The van der Waals surface area contributed by atoms with Gasteiger partial charge in [-0.15, -0.1) is 0 Å². The van der Waals surface area contributed by atoms with Gasteiger partial charge in [-0.25, -0.2) is 0 Å². The Morgan fingerprint density at radius 2 is 1.81 bits per heavy atom. The van der Waals surface area contributed by atoms with Crippen LogP contribution in [0.25, 0.3) is 0 Å². The third-order valence-corrected chi connectivity index (χ3v) is 8.09. The van der Waals surface area contributed by atoms with Crippen LogP contribution in [-0.4, -0.2) is 41.0 Å². The van der Waals surface area contributed by atoms with Gasteiger partial charge >= 0.3 is 0 Å². The van der Waals surface area contributed by atoms with Crippen LogP contribution in [0.2, 0.25) is 0 Å². The number of para-hydroxylation sites is 1. The summed E-state index contributed by atoms with van der Waals surface area (Å²) in [6.45, 7) is 7.67. The van der Waals surface area contributed by atoms with Gasteiger partial charge in [-0.1, -0.05) is 36.4 Å². The first-order chi connectivity index (χ1) is 17.6. The van der Waals surface area contributed by atoms with Crippen molar-refractivity contribution >= 4 is 29.1 Å². The lowest BCUT2D eigenvalue weighted by Crippen LogP contribution is -2.58. The lowest BCUT2D eigenvalue weighted by atomic mass is 9.74. The molecule has 2 aromatic rings. The molecule has 2 N–H and O–H groups in total. The van der Waals surface area contributed by atoms with Crippen molar-refractivity contribution in [3.05, 3.63) is 71.3 Å². The summed E-state index contributed by atoms with van der Waals surface area (Å²) in [5.74, 6) is -2.33. The highest BCUT2D eigenvalue weighted by Crippen LogP contribution is 2.56. The minimum Gasteiger partial charge on any atom is -0.359 e. The number of benzene rings is 2. The number of hydrogen-bond donors (Lipinski definition) is 2. The highest BCUT2D eigenvalue weighted by Gasteiger charge is 2.73. The van der Waals surface area contributed by atoms with E-state index in [1.54, 1.807) is 4.90 Å². The standard InChI is InChI=1S/C30H33N3O4/c1-17-8-5-6-11-21(17)31-26(34)23-22-14-15-30(37-22)24(23)28(36)33(25(30)27(35)32-29(2,3)4)20-13-12-18-9-7-10-19(18)16-20/h5-6,8,11-16,22-25H,7,9-10H2,1-4H3,(H,31,34)(H,32,35)/t22-,23-,24-,25+,30-/m1/s1. The van der Waals surface area contributed by atoms with Crippen LogP contribution in [0.4, 0.5) is 11.4 Å². The van der Waals surface area contributed by atoms with E-state index in [1.807, 2.05) is 76.2 Å². The summed E-state index contributed by atoms with van der Waals surface area (Å²) < 4.78 is 6.45. The second-order valence-electron chi connectivity index (χ2n) is 11.8. The molecule has 2 bridgehead atoms. The molecule has 4 aliphatic rings. The molecule has 3 amide bonds. The Bertz CT molecular complexity index is 1340. The Kier molecular flexibility index (Phi) is 5.35. The SMILES string of the molecule is Cc1ccccc1NC(=O)[C@@H]1[C@H]2C=C[C@]3(O2)[C@H](C(=O)NC(C)(C)C)N(c2ccc4c(c2)CCC4)C(=O)[C@@H]13. The lowest BCUT2D eigenvalue weighted by molar-refractivity contribution is -0.129. The molecule has 7 heteroatoms. The fourth-order valence-electron chi connectivity index (χ4n) is 6.53. The van der Waals surface area contributed by atoms with Crippen molar-refractivity contribution in [1.29, 1.82) is 0 Å². The van der Waals surface area contributed by atoms with E-state index in [0.29, 0.717) is 11.4 Å². The van der Waals surface area contributed by atoms with E-state index >= 15 is 0 Å². The van der Waals surface area contributed by atoms with Gasteiger partial charge in [0.2, 0.25) is 17.7 Å². The number of amides is 3. The fraction of sp³-hybridized carbons (Fsp3) is 0.433. The van der Waals surface area contributed by atoms with Gasteiger partial charge in [-0.05, 0) is 81.8 Å². The Labute approximate surface area is 217 Å². The van der Waals surface area contributed by atoms with Gasteiger partial charge in [0.25, 0.3) is 0 Å². The summed E-state index contributed by atoms with van der Waals surface area (Å²) >= 11 is 0. The minimum absolute atomic E-state index is 0.246. The predicted octanol–water partition coefficient (Wildman–Crippen LogP) is 3.69. The Morgan fingerprint density at radius 3 is 2.57 bits per heavy atom.